The Labute approximate surface area is 116 Å². The number of ether oxygens (including phenoxy) is 1. The largest absolute Gasteiger partial charge is 0.484 e. The summed E-state index contributed by atoms with van der Waals surface area (Å²) in [6, 6.07) is 6.07. The Morgan fingerprint density at radius 3 is 2.83 bits per heavy atom. The first-order valence-electron chi connectivity index (χ1n) is 6.33. The molecule has 0 spiro atoms. The van der Waals surface area contributed by atoms with Crippen molar-refractivity contribution in [1.82, 2.24) is 5.32 Å². The molecule has 0 aromatic heterocycles. The Morgan fingerprint density at radius 1 is 1.44 bits per heavy atom. The number of halogens is 1. The number of hydrogen-bond acceptors (Lipinski definition) is 2. The second kappa shape index (κ2) is 6.23. The summed E-state index contributed by atoms with van der Waals surface area (Å²) in [4.78, 5) is 11.7. The first kappa shape index (κ1) is 13.4. The molecule has 4 heteroatoms. The number of aryl methyl sites for hydroxylation is 1. The van der Waals surface area contributed by atoms with E-state index in [1.54, 1.807) is 0 Å². The molecule has 0 radical (unpaired) electrons. The lowest BCUT2D eigenvalue weighted by atomic mass is 10.2. The maximum Gasteiger partial charge on any atom is 0.258 e. The highest BCUT2D eigenvalue weighted by Crippen LogP contribution is 2.21. The van der Waals surface area contributed by atoms with Crippen molar-refractivity contribution in [1.29, 1.82) is 0 Å². The Bertz CT molecular complexity index is 428. The highest BCUT2D eigenvalue weighted by molar-refractivity contribution is 9.10. The fraction of sp³-hybridized carbons (Fsp3) is 0.500. The number of nitrogens with one attached hydrogen (secondary N) is 1. The average Bonchev–Trinajstić information content (AvgIpc) is 2.83. The number of amides is 1. The van der Waals surface area contributed by atoms with Gasteiger partial charge in [0.1, 0.15) is 5.75 Å². The van der Waals surface area contributed by atoms with E-state index >= 15 is 0 Å². The second-order valence-electron chi connectivity index (χ2n) is 4.75. The molecule has 0 heterocycles. The minimum absolute atomic E-state index is 0.0255. The molecule has 0 saturated heterocycles. The number of carbonyl (C=O) groups excluding carboxylic acids is 1. The minimum Gasteiger partial charge on any atom is -0.484 e. The lowest BCUT2D eigenvalue weighted by molar-refractivity contribution is -0.123. The van der Waals surface area contributed by atoms with E-state index < -0.39 is 0 Å². The molecule has 1 aromatic rings. The Morgan fingerprint density at radius 2 is 2.17 bits per heavy atom. The molecule has 1 amide bonds. The third-order valence-corrected chi connectivity index (χ3v) is 4.11. The zero-order valence-corrected chi connectivity index (χ0v) is 12.1. The topological polar surface area (TPSA) is 38.3 Å². The van der Waals surface area contributed by atoms with Crippen molar-refractivity contribution >= 4 is 21.8 Å². The van der Waals surface area contributed by atoms with E-state index in [0.717, 1.165) is 28.6 Å². The lowest BCUT2D eigenvalue weighted by Gasteiger charge is -2.12. The van der Waals surface area contributed by atoms with Crippen molar-refractivity contribution in [3.63, 3.8) is 0 Å². The van der Waals surface area contributed by atoms with E-state index in [-0.39, 0.29) is 12.5 Å². The van der Waals surface area contributed by atoms with Crippen molar-refractivity contribution in [2.24, 2.45) is 0 Å². The van der Waals surface area contributed by atoms with Crippen LogP contribution >= 0.6 is 15.9 Å². The summed E-state index contributed by atoms with van der Waals surface area (Å²) in [5.74, 6) is 0.708. The molecular formula is C14H18BrNO2. The first-order valence-corrected chi connectivity index (χ1v) is 7.13. The van der Waals surface area contributed by atoms with Crippen LogP contribution in [0.5, 0.6) is 5.75 Å². The second-order valence-corrected chi connectivity index (χ2v) is 5.60. The Hall–Kier alpha value is -1.03. The average molecular weight is 312 g/mol. The van der Waals surface area contributed by atoms with Crippen LogP contribution in [0.3, 0.4) is 0 Å². The van der Waals surface area contributed by atoms with Crippen molar-refractivity contribution in [3.8, 4) is 5.75 Å². The van der Waals surface area contributed by atoms with E-state index in [1.807, 2.05) is 25.1 Å². The van der Waals surface area contributed by atoms with Gasteiger partial charge < -0.3 is 10.1 Å². The van der Waals surface area contributed by atoms with Crippen LogP contribution in [0.15, 0.2) is 22.7 Å². The van der Waals surface area contributed by atoms with Crippen molar-refractivity contribution in [3.05, 3.63) is 28.2 Å². The van der Waals surface area contributed by atoms with Crippen LogP contribution in [0.25, 0.3) is 0 Å². The molecule has 3 nitrogen and oxygen atoms in total. The van der Waals surface area contributed by atoms with E-state index in [0.29, 0.717) is 6.04 Å². The number of rotatable bonds is 4. The highest BCUT2D eigenvalue weighted by Gasteiger charge is 2.17. The smallest absolute Gasteiger partial charge is 0.258 e. The quantitative estimate of drug-likeness (QED) is 0.927. The van der Waals surface area contributed by atoms with Gasteiger partial charge in [-0.3, -0.25) is 4.79 Å². The molecule has 1 aliphatic carbocycles. The van der Waals surface area contributed by atoms with Crippen LogP contribution in [0, 0.1) is 6.92 Å². The summed E-state index contributed by atoms with van der Waals surface area (Å²) in [5.41, 5.74) is 1.10. The van der Waals surface area contributed by atoms with Gasteiger partial charge in [-0.2, -0.15) is 0 Å². The van der Waals surface area contributed by atoms with Gasteiger partial charge in [0.05, 0.1) is 0 Å². The fourth-order valence-electron chi connectivity index (χ4n) is 2.20. The van der Waals surface area contributed by atoms with E-state index in [2.05, 4.69) is 21.2 Å². The molecule has 98 valence electrons. The van der Waals surface area contributed by atoms with Gasteiger partial charge in [0, 0.05) is 10.5 Å². The third-order valence-electron chi connectivity index (χ3n) is 3.22. The fourth-order valence-corrected chi connectivity index (χ4v) is 2.44. The van der Waals surface area contributed by atoms with Gasteiger partial charge in [-0.1, -0.05) is 28.8 Å². The predicted octanol–water partition coefficient (Wildman–Crippen LogP) is 3.20. The standard InChI is InChI=1S/C14H18BrNO2/c1-10-8-12(6-7-13(10)15)18-9-14(17)16-11-4-2-3-5-11/h6-8,11H,2-5,9H2,1H3,(H,16,17). The molecule has 1 aromatic carbocycles. The molecule has 1 fully saturated rings. The zero-order valence-electron chi connectivity index (χ0n) is 10.5. The Balaban J connectivity index is 1.79. The predicted molar refractivity (Wildman–Crippen MR) is 74.8 cm³/mol. The normalized spacial score (nSPS) is 15.7. The molecular weight excluding hydrogens is 294 g/mol. The minimum atomic E-state index is -0.0255. The summed E-state index contributed by atoms with van der Waals surface area (Å²) in [5, 5.41) is 3.00. The van der Waals surface area contributed by atoms with Gasteiger partial charge in [0.2, 0.25) is 0 Å². The summed E-state index contributed by atoms with van der Waals surface area (Å²) >= 11 is 3.43. The van der Waals surface area contributed by atoms with Crippen LogP contribution < -0.4 is 10.1 Å². The molecule has 0 bridgehead atoms. The first-order chi connectivity index (χ1) is 8.65. The maximum absolute atomic E-state index is 11.7. The van der Waals surface area contributed by atoms with E-state index in [9.17, 15) is 4.79 Å². The van der Waals surface area contributed by atoms with Gasteiger partial charge in [-0.25, -0.2) is 0 Å². The molecule has 1 aliphatic rings. The molecule has 0 atom stereocenters. The lowest BCUT2D eigenvalue weighted by Crippen LogP contribution is -2.36. The number of hydrogen-bond donors (Lipinski definition) is 1. The van der Waals surface area contributed by atoms with Crippen LogP contribution in [-0.4, -0.2) is 18.6 Å². The van der Waals surface area contributed by atoms with Crippen LogP contribution in [0.2, 0.25) is 0 Å². The number of carbonyl (C=O) groups is 1. The van der Waals surface area contributed by atoms with E-state index in [1.165, 1.54) is 12.8 Å². The summed E-state index contributed by atoms with van der Waals surface area (Å²) < 4.78 is 6.53. The highest BCUT2D eigenvalue weighted by atomic mass is 79.9. The summed E-state index contributed by atoms with van der Waals surface area (Å²) in [6.45, 7) is 2.09. The molecule has 18 heavy (non-hydrogen) atoms. The zero-order chi connectivity index (χ0) is 13.0. The van der Waals surface area contributed by atoms with Crippen LogP contribution in [-0.2, 0) is 4.79 Å². The van der Waals surface area contributed by atoms with Gasteiger partial charge in [0.25, 0.3) is 5.91 Å². The summed E-state index contributed by atoms with van der Waals surface area (Å²) in [6.07, 6.45) is 4.64. The van der Waals surface area contributed by atoms with Gasteiger partial charge in [-0.05, 0) is 43.5 Å². The van der Waals surface area contributed by atoms with Gasteiger partial charge >= 0.3 is 0 Å². The van der Waals surface area contributed by atoms with E-state index in [4.69, 9.17) is 4.74 Å². The molecule has 0 aliphatic heterocycles. The monoisotopic (exact) mass is 311 g/mol. The number of benzene rings is 1. The third kappa shape index (κ3) is 3.73. The van der Waals surface area contributed by atoms with Crippen LogP contribution in [0.4, 0.5) is 0 Å². The van der Waals surface area contributed by atoms with Crippen molar-refractivity contribution in [2.45, 2.75) is 38.6 Å². The molecule has 1 N–H and O–H groups in total. The van der Waals surface area contributed by atoms with Crippen molar-refractivity contribution < 1.29 is 9.53 Å². The summed E-state index contributed by atoms with van der Waals surface area (Å²) in [7, 11) is 0. The van der Waals surface area contributed by atoms with Crippen LogP contribution in [0.1, 0.15) is 31.2 Å². The molecule has 0 unspecified atom stereocenters. The van der Waals surface area contributed by atoms with Gasteiger partial charge in [0.15, 0.2) is 6.61 Å². The van der Waals surface area contributed by atoms with Crippen molar-refractivity contribution in [2.75, 3.05) is 6.61 Å². The Kier molecular flexibility index (Phi) is 4.64. The SMILES string of the molecule is Cc1cc(OCC(=O)NC2CCCC2)ccc1Br. The maximum atomic E-state index is 11.7. The van der Waals surface area contributed by atoms with Gasteiger partial charge in [-0.15, -0.1) is 0 Å². The molecule has 2 rings (SSSR count). The molecule has 1 saturated carbocycles.